The van der Waals surface area contributed by atoms with Crippen LogP contribution < -0.4 is 5.73 Å². The number of H-pyrrole nitrogens is 1. The van der Waals surface area contributed by atoms with Crippen molar-refractivity contribution in [2.75, 3.05) is 6.61 Å². The molecule has 0 radical (unpaired) electrons. The van der Waals surface area contributed by atoms with Crippen LogP contribution in [0.15, 0.2) is 17.4 Å². The van der Waals surface area contributed by atoms with Crippen molar-refractivity contribution in [3.05, 3.63) is 18.0 Å². The number of rotatable bonds is 1. The van der Waals surface area contributed by atoms with E-state index in [1.165, 1.54) is 6.07 Å². The van der Waals surface area contributed by atoms with E-state index in [2.05, 4.69) is 20.2 Å². The highest BCUT2D eigenvalue weighted by Gasteiger charge is 1.97. The van der Waals surface area contributed by atoms with Gasteiger partial charge in [-0.1, -0.05) is 5.16 Å². The standard InChI is InChI=1S/C4H5N3O.C3H5NO/c5-4(8)3-1-2-6-7-3;1-2-4-5-3-1/h1-2H,(H2,5,8)(H,6,7);2H,1,3H2. The number of carbonyl (C=O) groups excluding carboxylic acids is 1. The van der Waals surface area contributed by atoms with Crippen molar-refractivity contribution in [3.8, 4) is 0 Å². The van der Waals surface area contributed by atoms with Gasteiger partial charge in [-0.15, -0.1) is 0 Å². The number of aromatic nitrogens is 2. The van der Waals surface area contributed by atoms with E-state index in [4.69, 9.17) is 5.73 Å². The monoisotopic (exact) mass is 182 g/mol. The van der Waals surface area contributed by atoms with Gasteiger partial charge in [0.15, 0.2) is 0 Å². The van der Waals surface area contributed by atoms with Gasteiger partial charge in [-0.25, -0.2) is 0 Å². The number of hydrogen-bond acceptors (Lipinski definition) is 4. The maximum absolute atomic E-state index is 10.2. The number of carbonyl (C=O) groups is 1. The molecule has 0 aromatic carbocycles. The van der Waals surface area contributed by atoms with Crippen LogP contribution >= 0.6 is 0 Å². The van der Waals surface area contributed by atoms with Gasteiger partial charge in [0.1, 0.15) is 12.3 Å². The molecule has 6 heteroatoms. The Hall–Kier alpha value is -1.85. The van der Waals surface area contributed by atoms with Gasteiger partial charge < -0.3 is 10.6 Å². The third-order valence-corrected chi connectivity index (χ3v) is 1.24. The number of primary amides is 1. The maximum atomic E-state index is 10.2. The summed E-state index contributed by atoms with van der Waals surface area (Å²) in [7, 11) is 0. The van der Waals surface area contributed by atoms with Gasteiger partial charge in [0, 0.05) is 18.8 Å². The Morgan fingerprint density at radius 2 is 2.54 bits per heavy atom. The molecule has 1 aromatic rings. The third-order valence-electron chi connectivity index (χ3n) is 1.24. The van der Waals surface area contributed by atoms with E-state index in [0.717, 1.165) is 13.0 Å². The van der Waals surface area contributed by atoms with E-state index in [1.807, 2.05) is 0 Å². The minimum absolute atomic E-state index is 0.269. The zero-order valence-electron chi connectivity index (χ0n) is 6.93. The fourth-order valence-electron chi connectivity index (χ4n) is 0.661. The number of nitrogens with one attached hydrogen (secondary N) is 1. The van der Waals surface area contributed by atoms with Crippen molar-refractivity contribution >= 4 is 12.1 Å². The smallest absolute Gasteiger partial charge is 0.269 e. The SMILES string of the molecule is C1=NOCC1.NC(=O)c1cc[nH]n1. The molecule has 1 aromatic heterocycles. The van der Waals surface area contributed by atoms with Crippen molar-refractivity contribution in [1.29, 1.82) is 0 Å². The normalized spacial score (nSPS) is 12.9. The first-order chi connectivity index (χ1) is 6.30. The van der Waals surface area contributed by atoms with Crippen LogP contribution in [0.5, 0.6) is 0 Å². The van der Waals surface area contributed by atoms with Crippen LogP contribution in [0.25, 0.3) is 0 Å². The van der Waals surface area contributed by atoms with E-state index in [1.54, 1.807) is 12.4 Å². The van der Waals surface area contributed by atoms with Crippen LogP contribution in [-0.2, 0) is 4.84 Å². The van der Waals surface area contributed by atoms with Crippen molar-refractivity contribution in [2.45, 2.75) is 6.42 Å². The minimum atomic E-state index is -0.508. The zero-order valence-corrected chi connectivity index (χ0v) is 6.93. The van der Waals surface area contributed by atoms with Crippen molar-refractivity contribution < 1.29 is 9.63 Å². The Morgan fingerprint density at radius 3 is 2.77 bits per heavy atom. The molecule has 1 amide bonds. The van der Waals surface area contributed by atoms with Crippen LogP contribution in [0.3, 0.4) is 0 Å². The second-order valence-corrected chi connectivity index (χ2v) is 2.23. The summed E-state index contributed by atoms with van der Waals surface area (Å²) in [4.78, 5) is 14.7. The molecule has 0 saturated heterocycles. The highest BCUT2D eigenvalue weighted by atomic mass is 16.6. The Balaban J connectivity index is 0.000000145. The molecule has 6 nitrogen and oxygen atoms in total. The highest BCUT2D eigenvalue weighted by Crippen LogP contribution is 1.86. The van der Waals surface area contributed by atoms with Gasteiger partial charge >= 0.3 is 0 Å². The average Bonchev–Trinajstić information content (AvgIpc) is 2.82. The number of hydrogen-bond donors (Lipinski definition) is 2. The van der Waals surface area contributed by atoms with Crippen LogP contribution in [0.2, 0.25) is 0 Å². The number of nitrogens with two attached hydrogens (primary N) is 1. The number of oxime groups is 1. The number of amides is 1. The van der Waals surface area contributed by atoms with E-state index in [9.17, 15) is 4.79 Å². The second kappa shape index (κ2) is 4.91. The largest absolute Gasteiger partial charge is 0.396 e. The van der Waals surface area contributed by atoms with E-state index < -0.39 is 5.91 Å². The fraction of sp³-hybridized carbons (Fsp3) is 0.286. The topological polar surface area (TPSA) is 93.4 Å². The molecule has 0 fully saturated rings. The summed E-state index contributed by atoms with van der Waals surface area (Å²) in [6.45, 7) is 0.778. The molecular weight excluding hydrogens is 172 g/mol. The number of nitrogens with zero attached hydrogens (tertiary/aromatic N) is 2. The van der Waals surface area contributed by atoms with E-state index in [-0.39, 0.29) is 5.69 Å². The minimum Gasteiger partial charge on any atom is -0.396 e. The Bertz CT molecular complexity index is 275. The quantitative estimate of drug-likeness (QED) is 0.635. The molecular formula is C7H10N4O2. The van der Waals surface area contributed by atoms with Crippen molar-refractivity contribution in [2.24, 2.45) is 10.9 Å². The first-order valence-corrected chi connectivity index (χ1v) is 3.74. The fourth-order valence-corrected chi connectivity index (χ4v) is 0.661. The lowest BCUT2D eigenvalue weighted by atomic mass is 10.4. The van der Waals surface area contributed by atoms with E-state index >= 15 is 0 Å². The summed E-state index contributed by atoms with van der Waals surface area (Å²) in [5.41, 5.74) is 5.11. The molecule has 70 valence electrons. The zero-order chi connectivity index (χ0) is 9.52. The summed E-state index contributed by atoms with van der Waals surface area (Å²) >= 11 is 0. The maximum Gasteiger partial charge on any atom is 0.269 e. The summed E-state index contributed by atoms with van der Waals surface area (Å²) in [6.07, 6.45) is 4.29. The Morgan fingerprint density at radius 1 is 1.69 bits per heavy atom. The van der Waals surface area contributed by atoms with Gasteiger partial charge in [-0.2, -0.15) is 5.10 Å². The van der Waals surface area contributed by atoms with Crippen LogP contribution in [0, 0.1) is 0 Å². The number of aromatic amines is 1. The van der Waals surface area contributed by atoms with Crippen molar-refractivity contribution in [1.82, 2.24) is 10.2 Å². The summed E-state index contributed by atoms with van der Waals surface area (Å²) < 4.78 is 0. The first kappa shape index (κ1) is 9.24. The second-order valence-electron chi connectivity index (χ2n) is 2.23. The van der Waals surface area contributed by atoms with E-state index in [0.29, 0.717) is 0 Å². The molecule has 0 atom stereocenters. The summed E-state index contributed by atoms with van der Waals surface area (Å²) in [5.74, 6) is -0.508. The van der Waals surface area contributed by atoms with Crippen LogP contribution in [0.4, 0.5) is 0 Å². The van der Waals surface area contributed by atoms with Crippen molar-refractivity contribution in [3.63, 3.8) is 0 Å². The van der Waals surface area contributed by atoms with Gasteiger partial charge in [0.25, 0.3) is 5.91 Å². The molecule has 0 aliphatic carbocycles. The molecule has 3 N–H and O–H groups in total. The molecule has 2 rings (SSSR count). The molecule has 2 heterocycles. The van der Waals surface area contributed by atoms with Crippen LogP contribution in [0.1, 0.15) is 16.9 Å². The first-order valence-electron chi connectivity index (χ1n) is 3.74. The highest BCUT2D eigenvalue weighted by molar-refractivity contribution is 5.90. The van der Waals surface area contributed by atoms with Gasteiger partial charge in [-0.3, -0.25) is 9.89 Å². The average molecular weight is 182 g/mol. The molecule has 0 unspecified atom stereocenters. The molecule has 0 bridgehead atoms. The lowest BCUT2D eigenvalue weighted by molar-refractivity contribution is 0.0995. The predicted molar refractivity (Wildman–Crippen MR) is 46.2 cm³/mol. The lowest BCUT2D eigenvalue weighted by Crippen LogP contribution is -2.10. The van der Waals surface area contributed by atoms with Crippen LogP contribution in [-0.4, -0.2) is 28.9 Å². The Kier molecular flexibility index (Phi) is 3.49. The molecule has 0 saturated carbocycles. The van der Waals surface area contributed by atoms with Gasteiger partial charge in [0.2, 0.25) is 0 Å². The third kappa shape index (κ3) is 3.37. The lowest BCUT2D eigenvalue weighted by Gasteiger charge is -1.78. The van der Waals surface area contributed by atoms with Gasteiger partial charge in [-0.05, 0) is 6.07 Å². The van der Waals surface area contributed by atoms with Gasteiger partial charge in [0.05, 0.1) is 0 Å². The Labute approximate surface area is 74.8 Å². The molecule has 1 aliphatic heterocycles. The predicted octanol–water partition coefficient (Wildman–Crippen LogP) is -0.0989. The summed E-state index contributed by atoms with van der Waals surface area (Å²) in [5, 5.41) is 9.43. The molecule has 13 heavy (non-hydrogen) atoms. The molecule has 0 spiro atoms. The summed E-state index contributed by atoms with van der Waals surface area (Å²) in [6, 6.07) is 1.52. The molecule has 1 aliphatic rings.